The van der Waals surface area contributed by atoms with Crippen molar-refractivity contribution in [3.05, 3.63) is 71.4 Å². The van der Waals surface area contributed by atoms with Crippen LogP contribution in [0.3, 0.4) is 0 Å². The first-order valence-corrected chi connectivity index (χ1v) is 12.3. The molecule has 1 fully saturated rings. The number of rotatable bonds is 7. The maximum Gasteiger partial charge on any atom is 0.171 e. The summed E-state index contributed by atoms with van der Waals surface area (Å²) in [5.41, 5.74) is 11.0. The number of hydrazine groups is 1. The Labute approximate surface area is 211 Å². The van der Waals surface area contributed by atoms with E-state index in [0.717, 1.165) is 47.1 Å². The lowest BCUT2D eigenvalue weighted by atomic mass is 9.84. The quantitative estimate of drug-likeness (QED) is 0.299. The van der Waals surface area contributed by atoms with Crippen LogP contribution in [-0.4, -0.2) is 46.2 Å². The molecule has 1 aromatic heterocycles. The van der Waals surface area contributed by atoms with Gasteiger partial charge in [-0.15, -0.1) is 0 Å². The van der Waals surface area contributed by atoms with Crippen LogP contribution in [0.4, 0.5) is 5.69 Å². The lowest BCUT2D eigenvalue weighted by Gasteiger charge is -2.34. The van der Waals surface area contributed by atoms with Crippen LogP contribution in [0.5, 0.6) is 5.75 Å². The van der Waals surface area contributed by atoms with Gasteiger partial charge in [-0.1, -0.05) is 0 Å². The van der Waals surface area contributed by atoms with Crippen LogP contribution in [0, 0.1) is 6.92 Å². The molecular weight excluding hydrogens is 456 g/mol. The van der Waals surface area contributed by atoms with E-state index in [-0.39, 0.29) is 6.04 Å². The number of piperidine rings is 1. The molecular formula is C26H34N8O2. The third kappa shape index (κ3) is 4.45. The topological polar surface area (TPSA) is 124 Å². The SMILES string of the molecule is Cc1cc(NC(C)c2c(C3(O)CCNCC3)ccn2/N=C\N)ccc1OC1=CC2(C)N=CNN2C=C1. The summed E-state index contributed by atoms with van der Waals surface area (Å²) in [5.74, 6) is 1.51. The molecule has 0 amide bonds. The first-order valence-electron chi connectivity index (χ1n) is 12.3. The molecule has 2 unspecified atom stereocenters. The summed E-state index contributed by atoms with van der Waals surface area (Å²) in [6, 6.07) is 7.83. The normalized spacial score (nSPS) is 23.3. The van der Waals surface area contributed by atoms with E-state index in [1.165, 1.54) is 6.34 Å². The van der Waals surface area contributed by atoms with Gasteiger partial charge in [0.25, 0.3) is 0 Å². The highest BCUT2D eigenvalue weighted by Crippen LogP contribution is 2.37. The van der Waals surface area contributed by atoms with Crippen LogP contribution in [-0.2, 0) is 5.60 Å². The fourth-order valence-electron chi connectivity index (χ4n) is 5.09. The number of aryl methyl sites for hydroxylation is 1. The van der Waals surface area contributed by atoms with Crippen LogP contribution in [0.1, 0.15) is 49.6 Å². The van der Waals surface area contributed by atoms with E-state index in [9.17, 15) is 5.11 Å². The van der Waals surface area contributed by atoms with Gasteiger partial charge in [0.1, 0.15) is 24.2 Å². The molecule has 4 heterocycles. The van der Waals surface area contributed by atoms with Gasteiger partial charge in [-0.05, 0) is 82.6 Å². The molecule has 0 aliphatic carbocycles. The van der Waals surface area contributed by atoms with Crippen molar-refractivity contribution in [3.63, 3.8) is 0 Å². The van der Waals surface area contributed by atoms with Crippen molar-refractivity contribution in [1.82, 2.24) is 20.4 Å². The summed E-state index contributed by atoms with van der Waals surface area (Å²) in [5, 5.41) is 24.5. The first kappa shape index (κ1) is 24.0. The molecule has 3 aliphatic rings. The van der Waals surface area contributed by atoms with E-state index in [1.54, 1.807) is 11.0 Å². The second-order valence-electron chi connectivity index (χ2n) is 9.67. The monoisotopic (exact) mass is 490 g/mol. The van der Waals surface area contributed by atoms with Gasteiger partial charge < -0.3 is 26.2 Å². The number of hydrogen-bond donors (Lipinski definition) is 5. The number of anilines is 1. The van der Waals surface area contributed by atoms with Gasteiger partial charge in [-0.25, -0.2) is 9.67 Å². The van der Waals surface area contributed by atoms with E-state index in [0.29, 0.717) is 12.8 Å². The number of aliphatic imine (C=N–C) groups is 1. The van der Waals surface area contributed by atoms with E-state index >= 15 is 0 Å². The highest BCUT2D eigenvalue weighted by molar-refractivity contribution is 5.59. The van der Waals surface area contributed by atoms with Gasteiger partial charge in [-0.3, -0.25) is 10.4 Å². The molecule has 6 N–H and O–H groups in total. The van der Waals surface area contributed by atoms with Gasteiger partial charge in [0, 0.05) is 29.7 Å². The number of ether oxygens (including phenoxy) is 1. The van der Waals surface area contributed by atoms with Gasteiger partial charge in [0.15, 0.2) is 5.66 Å². The molecule has 0 radical (unpaired) electrons. The Kier molecular flexibility index (Phi) is 6.23. The number of nitrogens with one attached hydrogen (secondary N) is 3. The summed E-state index contributed by atoms with van der Waals surface area (Å²) in [6.45, 7) is 7.64. The molecule has 190 valence electrons. The maximum absolute atomic E-state index is 11.4. The second-order valence-corrected chi connectivity index (χ2v) is 9.67. The summed E-state index contributed by atoms with van der Waals surface area (Å²) in [7, 11) is 0. The zero-order valence-corrected chi connectivity index (χ0v) is 20.9. The molecule has 0 saturated carbocycles. The molecule has 0 bridgehead atoms. The molecule has 2 aromatic rings. The van der Waals surface area contributed by atoms with Gasteiger partial charge in [0.05, 0.1) is 17.3 Å². The van der Waals surface area contributed by atoms with Crippen molar-refractivity contribution in [1.29, 1.82) is 0 Å². The third-order valence-corrected chi connectivity index (χ3v) is 7.04. The minimum Gasteiger partial charge on any atom is -0.457 e. The van der Waals surface area contributed by atoms with Gasteiger partial charge in [0.2, 0.25) is 0 Å². The third-order valence-electron chi connectivity index (χ3n) is 7.04. The maximum atomic E-state index is 11.4. The molecule has 2 atom stereocenters. The van der Waals surface area contributed by atoms with Crippen LogP contribution < -0.4 is 26.5 Å². The van der Waals surface area contributed by atoms with Crippen molar-refractivity contribution >= 4 is 18.4 Å². The number of nitrogens with two attached hydrogens (primary N) is 1. The molecule has 1 aromatic carbocycles. The smallest absolute Gasteiger partial charge is 0.171 e. The average Bonchev–Trinajstić information content (AvgIpc) is 3.45. The highest BCUT2D eigenvalue weighted by Gasteiger charge is 2.36. The summed E-state index contributed by atoms with van der Waals surface area (Å²) in [4.78, 5) is 4.47. The van der Waals surface area contributed by atoms with Crippen LogP contribution in [0.2, 0.25) is 0 Å². The minimum absolute atomic E-state index is 0.133. The lowest BCUT2D eigenvalue weighted by Crippen LogP contribution is -2.43. The van der Waals surface area contributed by atoms with Crippen LogP contribution >= 0.6 is 0 Å². The van der Waals surface area contributed by atoms with Crippen molar-refractivity contribution in [3.8, 4) is 5.75 Å². The van der Waals surface area contributed by atoms with Gasteiger partial charge >= 0.3 is 0 Å². The largest absolute Gasteiger partial charge is 0.457 e. The Morgan fingerprint density at radius 2 is 2.11 bits per heavy atom. The van der Waals surface area contributed by atoms with Crippen LogP contribution in [0.15, 0.2) is 64.7 Å². The molecule has 10 nitrogen and oxygen atoms in total. The Bertz CT molecular complexity index is 1240. The van der Waals surface area contributed by atoms with Crippen LogP contribution in [0.25, 0.3) is 0 Å². The number of nitrogens with zero attached hydrogens (tertiary/aromatic N) is 4. The summed E-state index contributed by atoms with van der Waals surface area (Å²) >= 11 is 0. The van der Waals surface area contributed by atoms with E-state index in [4.69, 9.17) is 10.5 Å². The Balaban J connectivity index is 1.35. The highest BCUT2D eigenvalue weighted by atomic mass is 16.5. The molecule has 3 aliphatic heterocycles. The van der Waals surface area contributed by atoms with Crippen molar-refractivity contribution in [2.24, 2.45) is 15.8 Å². The van der Waals surface area contributed by atoms with Crippen molar-refractivity contribution in [2.45, 2.75) is 50.9 Å². The van der Waals surface area contributed by atoms with E-state index in [1.807, 2.05) is 61.6 Å². The predicted octanol–water partition coefficient (Wildman–Crippen LogP) is 2.65. The number of aromatic nitrogens is 1. The number of allylic oxidation sites excluding steroid dienone is 1. The Morgan fingerprint density at radius 1 is 1.31 bits per heavy atom. The predicted molar refractivity (Wildman–Crippen MR) is 141 cm³/mol. The molecule has 36 heavy (non-hydrogen) atoms. The second kappa shape index (κ2) is 9.36. The first-order chi connectivity index (χ1) is 17.3. The molecule has 10 heteroatoms. The van der Waals surface area contributed by atoms with E-state index in [2.05, 4.69) is 39.1 Å². The van der Waals surface area contributed by atoms with Crippen molar-refractivity contribution < 1.29 is 9.84 Å². The van der Waals surface area contributed by atoms with Crippen molar-refractivity contribution in [2.75, 3.05) is 18.4 Å². The zero-order chi connectivity index (χ0) is 25.3. The summed E-state index contributed by atoms with van der Waals surface area (Å²) in [6.07, 6.45) is 11.9. The average molecular weight is 491 g/mol. The Morgan fingerprint density at radius 3 is 2.86 bits per heavy atom. The Hall–Kier alpha value is -3.76. The fourth-order valence-corrected chi connectivity index (χ4v) is 5.09. The minimum atomic E-state index is -0.897. The fraction of sp³-hybridized carbons (Fsp3) is 0.385. The molecule has 1 saturated heterocycles. The summed E-state index contributed by atoms with van der Waals surface area (Å²) < 4.78 is 7.94. The number of hydrogen-bond acceptors (Lipinski definition) is 8. The number of fused-ring (bicyclic) bond motifs is 1. The van der Waals surface area contributed by atoms with Gasteiger partial charge in [-0.2, -0.15) is 5.10 Å². The zero-order valence-electron chi connectivity index (χ0n) is 20.9. The molecule has 0 spiro atoms. The lowest BCUT2D eigenvalue weighted by molar-refractivity contribution is 0.00490. The van der Waals surface area contributed by atoms with E-state index < -0.39 is 11.3 Å². The molecule has 5 rings (SSSR count). The number of aliphatic hydroxyl groups is 1. The number of benzene rings is 1. The standard InChI is InChI=1S/C26H34N8O2/c1-18-14-20(4-5-23(18)36-21-6-13-34-25(3,15-21)29-17-31-34)32-19(2)24-22(7-12-33(24)30-16-27)26(35)8-10-28-11-9-26/h4-7,12-17,19,28,32,35H,8-11H2,1-3H3,(H2,27,30)(H,29,31).